The number of rotatable bonds is 8. The van der Waals surface area contributed by atoms with Gasteiger partial charge >= 0.3 is 0 Å². The van der Waals surface area contributed by atoms with E-state index < -0.39 is 0 Å². The molecule has 5 nitrogen and oxygen atoms in total. The predicted octanol–water partition coefficient (Wildman–Crippen LogP) is 13.8. The lowest BCUT2D eigenvalue weighted by Crippen LogP contribution is -2.11. The fourth-order valence-electron chi connectivity index (χ4n) is 9.53. The summed E-state index contributed by atoms with van der Waals surface area (Å²) in [6.45, 7) is 0. The van der Waals surface area contributed by atoms with E-state index in [0.717, 1.165) is 61.9 Å². The number of H-pyrrole nitrogens is 1. The molecule has 0 radical (unpaired) electrons. The number of aromatic nitrogens is 4. The molecule has 2 aliphatic carbocycles. The molecule has 0 unspecified atom stereocenters. The second-order valence-electron chi connectivity index (χ2n) is 15.5. The van der Waals surface area contributed by atoms with Gasteiger partial charge in [-0.15, -0.1) is 0 Å². The van der Waals surface area contributed by atoms with Gasteiger partial charge < -0.3 is 9.72 Å². The van der Waals surface area contributed by atoms with Gasteiger partial charge in [-0.05, 0) is 108 Å². The minimum atomic E-state index is 0.601. The summed E-state index contributed by atoms with van der Waals surface area (Å²) in [7, 11) is 0. The van der Waals surface area contributed by atoms with Gasteiger partial charge in [0.25, 0.3) is 0 Å². The van der Waals surface area contributed by atoms with E-state index in [1.807, 2.05) is 18.3 Å². The number of hydrogen-bond donors (Lipinski definition) is 1. The average Bonchev–Trinajstić information content (AvgIpc) is 3.88. The van der Waals surface area contributed by atoms with Crippen molar-refractivity contribution >= 4 is 21.8 Å². The van der Waals surface area contributed by atoms with Crippen LogP contribution in [0.15, 0.2) is 140 Å². The fraction of sp³-hybridized carbons (Fsp3) is 0.240. The van der Waals surface area contributed by atoms with E-state index in [1.165, 1.54) is 86.3 Å². The molecular weight excluding hydrogens is 673 g/mol. The fourth-order valence-corrected chi connectivity index (χ4v) is 9.53. The number of ether oxygens (including phenoxy) is 1. The van der Waals surface area contributed by atoms with Crippen LogP contribution in [0.25, 0.3) is 61.4 Å². The van der Waals surface area contributed by atoms with Gasteiger partial charge in [0, 0.05) is 34.2 Å². The number of nitrogens with zero attached hydrogens (tertiary/aromatic N) is 3. The zero-order valence-corrected chi connectivity index (χ0v) is 31.3. The van der Waals surface area contributed by atoms with Gasteiger partial charge in [0.15, 0.2) is 0 Å². The smallest absolute Gasteiger partial charge is 0.138 e. The number of hydrogen-bond acceptors (Lipinski definition) is 3. The van der Waals surface area contributed by atoms with Gasteiger partial charge in [0.1, 0.15) is 23.1 Å². The second kappa shape index (κ2) is 14.7. The van der Waals surface area contributed by atoms with Gasteiger partial charge in [0.05, 0.1) is 22.9 Å². The molecular formula is C50H46N4O. The molecule has 0 saturated heterocycles. The second-order valence-corrected chi connectivity index (χ2v) is 15.5. The number of aromatic amines is 1. The highest BCUT2D eigenvalue weighted by Gasteiger charge is 2.27. The molecule has 2 saturated carbocycles. The first-order valence-electron chi connectivity index (χ1n) is 20.3. The summed E-state index contributed by atoms with van der Waals surface area (Å²) in [6.07, 6.45) is 17.0. The van der Waals surface area contributed by atoms with Crippen molar-refractivity contribution in [1.82, 2.24) is 19.5 Å². The Morgan fingerprint density at radius 3 is 1.96 bits per heavy atom. The van der Waals surface area contributed by atoms with E-state index in [9.17, 15) is 0 Å². The number of para-hydroxylation sites is 1. The van der Waals surface area contributed by atoms with Crippen molar-refractivity contribution in [1.29, 1.82) is 0 Å². The van der Waals surface area contributed by atoms with Gasteiger partial charge in [-0.3, -0.25) is 4.57 Å². The molecule has 5 aromatic carbocycles. The maximum absolute atomic E-state index is 6.74. The summed E-state index contributed by atoms with van der Waals surface area (Å²) in [5.74, 6) is 4.47. The van der Waals surface area contributed by atoms with Crippen LogP contribution >= 0.6 is 0 Å². The van der Waals surface area contributed by atoms with Crippen molar-refractivity contribution in [2.24, 2.45) is 0 Å². The summed E-state index contributed by atoms with van der Waals surface area (Å²) in [5.41, 5.74) is 11.0. The Labute approximate surface area is 323 Å². The van der Waals surface area contributed by atoms with E-state index >= 15 is 0 Å². The molecule has 55 heavy (non-hydrogen) atoms. The third-order valence-corrected chi connectivity index (χ3v) is 12.2. The largest absolute Gasteiger partial charge is 0.457 e. The number of imidazole rings is 1. The lowest BCUT2D eigenvalue weighted by molar-refractivity contribution is 0.436. The molecule has 2 fully saturated rings. The number of benzene rings is 5. The van der Waals surface area contributed by atoms with Crippen LogP contribution in [0, 0.1) is 0 Å². The van der Waals surface area contributed by atoms with E-state index in [-0.39, 0.29) is 0 Å². The highest BCUT2D eigenvalue weighted by atomic mass is 16.5. The number of fused-ring (bicyclic) bond motifs is 3. The third kappa shape index (κ3) is 6.42. The van der Waals surface area contributed by atoms with E-state index in [0.29, 0.717) is 11.8 Å². The highest BCUT2D eigenvalue weighted by Crippen LogP contribution is 2.45. The van der Waals surface area contributed by atoms with Crippen LogP contribution in [-0.2, 0) is 0 Å². The molecule has 3 aromatic heterocycles. The van der Waals surface area contributed by atoms with Crippen molar-refractivity contribution in [3.05, 3.63) is 151 Å². The Morgan fingerprint density at radius 2 is 1.22 bits per heavy atom. The van der Waals surface area contributed by atoms with Crippen LogP contribution in [0.2, 0.25) is 0 Å². The van der Waals surface area contributed by atoms with Crippen molar-refractivity contribution in [2.75, 3.05) is 0 Å². The summed E-state index contributed by atoms with van der Waals surface area (Å²) in [6, 6.07) is 45.1. The molecule has 272 valence electrons. The maximum Gasteiger partial charge on any atom is 0.138 e. The number of nitrogens with one attached hydrogen (secondary N) is 1. The molecule has 0 spiro atoms. The van der Waals surface area contributed by atoms with Crippen molar-refractivity contribution < 1.29 is 4.74 Å². The lowest BCUT2D eigenvalue weighted by Gasteiger charge is -2.29. The quantitative estimate of drug-likeness (QED) is 0.170. The molecule has 5 heteroatoms. The van der Waals surface area contributed by atoms with Crippen LogP contribution in [0.5, 0.6) is 11.5 Å². The standard InChI is InChI=1S/C50H46N4O/c1-4-15-34(16-5-1)39-28-26-37(55-38-27-29-43-42-21-10-11-24-46(42)54(47(43)32-38)48-25-12-13-30-51-48)31-44(39)50-52-33-45(53-50)49-40(35-17-6-2-7-18-35)22-14-23-41(49)36-19-8-3-9-20-36/h1,4-5,10-16,21-33,35-36H,2-3,6-9,17-20H2,(H,52,53). The van der Waals surface area contributed by atoms with Crippen LogP contribution < -0.4 is 4.74 Å². The van der Waals surface area contributed by atoms with E-state index in [4.69, 9.17) is 14.7 Å². The van der Waals surface area contributed by atoms with Crippen LogP contribution in [0.1, 0.15) is 87.2 Å². The summed E-state index contributed by atoms with van der Waals surface area (Å²) in [5, 5.41) is 2.35. The first-order chi connectivity index (χ1) is 27.3. The first kappa shape index (κ1) is 33.6. The summed E-state index contributed by atoms with van der Waals surface area (Å²) < 4.78 is 8.96. The molecule has 1 N–H and O–H groups in total. The molecule has 0 aliphatic heterocycles. The molecule has 0 atom stereocenters. The Bertz CT molecular complexity index is 2550. The summed E-state index contributed by atoms with van der Waals surface area (Å²) in [4.78, 5) is 13.8. The Balaban J connectivity index is 1.07. The molecule has 2 aliphatic rings. The van der Waals surface area contributed by atoms with Gasteiger partial charge in [-0.2, -0.15) is 0 Å². The first-order valence-corrected chi connectivity index (χ1v) is 20.3. The zero-order valence-electron chi connectivity index (χ0n) is 31.3. The van der Waals surface area contributed by atoms with Crippen molar-refractivity contribution in [2.45, 2.75) is 76.0 Å². The van der Waals surface area contributed by atoms with E-state index in [1.54, 1.807) is 0 Å². The normalized spacial score (nSPS) is 15.5. The average molecular weight is 719 g/mol. The van der Waals surface area contributed by atoms with E-state index in [2.05, 4.69) is 131 Å². The van der Waals surface area contributed by atoms with Crippen LogP contribution in [-0.4, -0.2) is 19.5 Å². The van der Waals surface area contributed by atoms with Crippen molar-refractivity contribution in [3.63, 3.8) is 0 Å². The van der Waals surface area contributed by atoms with Gasteiger partial charge in [0.2, 0.25) is 0 Å². The monoisotopic (exact) mass is 718 g/mol. The van der Waals surface area contributed by atoms with Crippen LogP contribution in [0.3, 0.4) is 0 Å². The lowest BCUT2D eigenvalue weighted by atomic mass is 9.76. The Kier molecular flexibility index (Phi) is 8.99. The minimum Gasteiger partial charge on any atom is -0.457 e. The maximum atomic E-state index is 6.74. The number of pyridine rings is 1. The molecule has 3 heterocycles. The molecule has 0 bridgehead atoms. The highest BCUT2D eigenvalue weighted by molar-refractivity contribution is 6.09. The van der Waals surface area contributed by atoms with Crippen LogP contribution in [0.4, 0.5) is 0 Å². The SMILES string of the molecule is c1ccc(-c2ccc(Oc3ccc4c5ccccc5n(-c5ccccn5)c4c3)cc2-c2ncc(-c3c(C4CCCCC4)cccc3C3CCCCC3)[nH]2)cc1. The predicted molar refractivity (Wildman–Crippen MR) is 225 cm³/mol. The molecule has 8 aromatic rings. The van der Waals surface area contributed by atoms with Gasteiger partial charge in [-0.1, -0.05) is 111 Å². The summed E-state index contributed by atoms with van der Waals surface area (Å²) >= 11 is 0. The van der Waals surface area contributed by atoms with Crippen molar-refractivity contribution in [3.8, 4) is 51.1 Å². The minimum absolute atomic E-state index is 0.601. The Morgan fingerprint density at radius 1 is 0.545 bits per heavy atom. The third-order valence-electron chi connectivity index (χ3n) is 12.2. The molecule has 0 amide bonds. The Hall–Kier alpha value is -5.94. The van der Waals surface area contributed by atoms with Gasteiger partial charge in [-0.25, -0.2) is 9.97 Å². The zero-order chi connectivity index (χ0) is 36.6. The topological polar surface area (TPSA) is 55.7 Å². The molecule has 10 rings (SSSR count).